The predicted octanol–water partition coefficient (Wildman–Crippen LogP) is 0.760. The highest BCUT2D eigenvalue weighted by molar-refractivity contribution is 7.99. The number of fused-ring (bicyclic) bond motifs is 1. The maximum Gasteiger partial charge on any atom is 0.191 e. The summed E-state index contributed by atoms with van der Waals surface area (Å²) in [6, 6.07) is 0.163. The van der Waals surface area contributed by atoms with Crippen molar-refractivity contribution in [3.8, 4) is 0 Å². The molecule has 1 aliphatic heterocycles. The summed E-state index contributed by atoms with van der Waals surface area (Å²) >= 11 is 1.54. The molecule has 1 saturated heterocycles. The Kier molecular flexibility index (Phi) is 5.98. The fraction of sp³-hybridized carbons (Fsp3) is 0.688. The molecule has 0 aromatic carbocycles. The number of rotatable bonds is 7. The Morgan fingerprint density at radius 1 is 1.31 bits per heavy atom. The summed E-state index contributed by atoms with van der Waals surface area (Å²) < 4.78 is 7.20. The molecule has 2 aromatic heterocycles. The molecule has 4 atom stereocenters. The highest BCUT2D eigenvalue weighted by Gasteiger charge is 2.44. The topological polar surface area (TPSA) is 126 Å². The first-order valence-electron chi connectivity index (χ1n) is 8.72. The van der Waals surface area contributed by atoms with Gasteiger partial charge in [-0.05, 0) is 20.3 Å². The standard InChI is InChI=1S/C16H25N5O4S/c1-4-5-26-16-19-13(18-8(2)3)10-14(20-16)21(7-17-10)15-12(24)11(23)9(6-22)25-15/h7-9,11-12,15,22-24H,4-6H2,1-3H3,(H,18,19,20)/t9-,11?,12?,15-/m1/s1. The number of hydrogen-bond donors (Lipinski definition) is 4. The minimum absolute atomic E-state index is 0.163. The molecule has 26 heavy (non-hydrogen) atoms. The van der Waals surface area contributed by atoms with Gasteiger partial charge in [0.1, 0.15) is 18.3 Å². The van der Waals surface area contributed by atoms with Crippen LogP contribution in [0.5, 0.6) is 0 Å². The molecule has 1 fully saturated rings. The van der Waals surface area contributed by atoms with Crippen LogP contribution in [0.25, 0.3) is 11.2 Å². The number of aliphatic hydroxyl groups is 3. The van der Waals surface area contributed by atoms with E-state index in [0.29, 0.717) is 22.1 Å². The Morgan fingerprint density at radius 3 is 2.69 bits per heavy atom. The fourth-order valence-corrected chi connectivity index (χ4v) is 3.52. The fourth-order valence-electron chi connectivity index (χ4n) is 2.82. The summed E-state index contributed by atoms with van der Waals surface area (Å²) in [4.78, 5) is 13.5. The summed E-state index contributed by atoms with van der Waals surface area (Å²) in [7, 11) is 0. The van der Waals surface area contributed by atoms with E-state index in [1.807, 2.05) is 13.8 Å². The Hall–Kier alpha value is -1.46. The van der Waals surface area contributed by atoms with E-state index in [0.717, 1.165) is 12.2 Å². The number of hydrogen-bond acceptors (Lipinski definition) is 9. The van der Waals surface area contributed by atoms with Gasteiger partial charge < -0.3 is 25.4 Å². The van der Waals surface area contributed by atoms with Crippen LogP contribution in [0.1, 0.15) is 33.4 Å². The molecule has 3 rings (SSSR count). The highest BCUT2D eigenvalue weighted by Crippen LogP contribution is 2.33. The highest BCUT2D eigenvalue weighted by atomic mass is 32.2. The van der Waals surface area contributed by atoms with Gasteiger partial charge >= 0.3 is 0 Å². The van der Waals surface area contributed by atoms with Gasteiger partial charge in [-0.25, -0.2) is 15.0 Å². The molecule has 0 radical (unpaired) electrons. The van der Waals surface area contributed by atoms with Crippen molar-refractivity contribution in [1.82, 2.24) is 19.5 Å². The molecular weight excluding hydrogens is 358 g/mol. The first kappa shape index (κ1) is 19.3. The van der Waals surface area contributed by atoms with Crippen molar-refractivity contribution < 1.29 is 20.1 Å². The molecule has 3 heterocycles. The second kappa shape index (κ2) is 8.05. The Bertz CT molecular complexity index is 756. The molecule has 1 aliphatic rings. The van der Waals surface area contributed by atoms with Gasteiger partial charge in [0.15, 0.2) is 28.4 Å². The van der Waals surface area contributed by atoms with Crippen molar-refractivity contribution >= 4 is 28.7 Å². The molecule has 0 saturated carbocycles. The minimum atomic E-state index is -1.19. The van der Waals surface area contributed by atoms with Crippen LogP contribution in [0.15, 0.2) is 11.5 Å². The largest absolute Gasteiger partial charge is 0.394 e. The summed E-state index contributed by atoms with van der Waals surface area (Å²) in [5.74, 6) is 1.50. The number of nitrogens with one attached hydrogen (secondary N) is 1. The zero-order chi connectivity index (χ0) is 18.8. The van der Waals surface area contributed by atoms with E-state index in [1.165, 1.54) is 6.33 Å². The molecule has 2 aromatic rings. The van der Waals surface area contributed by atoms with Crippen LogP contribution in [0.4, 0.5) is 5.82 Å². The molecule has 0 bridgehead atoms. The average molecular weight is 383 g/mol. The van der Waals surface area contributed by atoms with E-state index >= 15 is 0 Å². The summed E-state index contributed by atoms with van der Waals surface area (Å²) in [6.45, 7) is 5.72. The van der Waals surface area contributed by atoms with Crippen LogP contribution in [0, 0.1) is 0 Å². The van der Waals surface area contributed by atoms with Gasteiger partial charge in [0.2, 0.25) is 0 Å². The third-order valence-corrected chi connectivity index (χ3v) is 5.11. The van der Waals surface area contributed by atoms with Gasteiger partial charge in [0.05, 0.1) is 12.9 Å². The molecule has 0 aliphatic carbocycles. The van der Waals surface area contributed by atoms with Crippen LogP contribution in [0.2, 0.25) is 0 Å². The Labute approximate surface area is 155 Å². The molecule has 4 N–H and O–H groups in total. The van der Waals surface area contributed by atoms with Crippen LogP contribution in [-0.4, -0.2) is 71.6 Å². The molecule has 0 amide bonds. The zero-order valence-corrected chi connectivity index (χ0v) is 15.8. The van der Waals surface area contributed by atoms with Crippen LogP contribution in [-0.2, 0) is 4.74 Å². The van der Waals surface area contributed by atoms with Crippen molar-refractivity contribution in [2.24, 2.45) is 0 Å². The number of imidazole rings is 1. The molecular formula is C16H25N5O4S. The SMILES string of the molecule is CCCSc1nc(NC(C)C)c2ncn([C@@H]3O[C@H](CO)C(O)C3O)c2n1. The van der Waals surface area contributed by atoms with Crippen LogP contribution >= 0.6 is 11.8 Å². The van der Waals surface area contributed by atoms with Crippen molar-refractivity contribution in [3.63, 3.8) is 0 Å². The number of thioether (sulfide) groups is 1. The van der Waals surface area contributed by atoms with E-state index in [1.54, 1.807) is 16.3 Å². The van der Waals surface area contributed by atoms with Crippen LogP contribution < -0.4 is 5.32 Å². The lowest BCUT2D eigenvalue weighted by molar-refractivity contribution is -0.0511. The average Bonchev–Trinajstić information content (AvgIpc) is 3.14. The van der Waals surface area contributed by atoms with Gasteiger partial charge in [-0.1, -0.05) is 18.7 Å². The molecule has 10 heteroatoms. The van der Waals surface area contributed by atoms with Crippen molar-refractivity contribution in [3.05, 3.63) is 6.33 Å². The lowest BCUT2D eigenvalue weighted by Crippen LogP contribution is -2.33. The van der Waals surface area contributed by atoms with E-state index in [9.17, 15) is 15.3 Å². The van der Waals surface area contributed by atoms with Gasteiger partial charge in [-0.15, -0.1) is 0 Å². The zero-order valence-electron chi connectivity index (χ0n) is 15.0. The second-order valence-corrected chi connectivity index (χ2v) is 7.62. The third kappa shape index (κ3) is 3.65. The van der Waals surface area contributed by atoms with Crippen molar-refractivity contribution in [2.75, 3.05) is 17.7 Å². The monoisotopic (exact) mass is 383 g/mol. The number of anilines is 1. The van der Waals surface area contributed by atoms with Gasteiger partial charge in [-0.3, -0.25) is 4.57 Å². The van der Waals surface area contributed by atoms with Crippen molar-refractivity contribution in [1.29, 1.82) is 0 Å². The van der Waals surface area contributed by atoms with Crippen molar-refractivity contribution in [2.45, 2.75) is 62.9 Å². The molecule has 0 spiro atoms. The van der Waals surface area contributed by atoms with Gasteiger partial charge in [0.25, 0.3) is 0 Å². The lowest BCUT2D eigenvalue weighted by Gasteiger charge is -2.17. The predicted molar refractivity (Wildman–Crippen MR) is 98.1 cm³/mol. The van der Waals surface area contributed by atoms with E-state index in [-0.39, 0.29) is 12.6 Å². The first-order chi connectivity index (χ1) is 12.5. The number of ether oxygens (including phenoxy) is 1. The normalized spacial score (nSPS) is 26.1. The summed E-state index contributed by atoms with van der Waals surface area (Å²) in [5.41, 5.74) is 1.08. The van der Waals surface area contributed by atoms with E-state index < -0.39 is 24.5 Å². The van der Waals surface area contributed by atoms with Gasteiger partial charge in [0, 0.05) is 11.8 Å². The molecule has 9 nitrogen and oxygen atoms in total. The lowest BCUT2D eigenvalue weighted by atomic mass is 10.1. The second-order valence-electron chi connectivity index (χ2n) is 6.56. The minimum Gasteiger partial charge on any atom is -0.394 e. The maximum absolute atomic E-state index is 10.3. The Balaban J connectivity index is 2.04. The number of nitrogens with zero attached hydrogens (tertiary/aromatic N) is 4. The quantitative estimate of drug-likeness (QED) is 0.405. The van der Waals surface area contributed by atoms with E-state index in [2.05, 4.69) is 27.2 Å². The van der Waals surface area contributed by atoms with Gasteiger partial charge in [-0.2, -0.15) is 0 Å². The van der Waals surface area contributed by atoms with E-state index in [4.69, 9.17) is 4.74 Å². The number of aliphatic hydroxyl groups excluding tert-OH is 3. The summed E-state index contributed by atoms with van der Waals surface area (Å²) in [5, 5.41) is 33.5. The van der Waals surface area contributed by atoms with Crippen LogP contribution in [0.3, 0.4) is 0 Å². The third-order valence-electron chi connectivity index (χ3n) is 4.05. The molecule has 2 unspecified atom stereocenters. The Morgan fingerprint density at radius 2 is 2.08 bits per heavy atom. The number of aromatic nitrogens is 4. The maximum atomic E-state index is 10.3. The molecule has 144 valence electrons. The first-order valence-corrected chi connectivity index (χ1v) is 9.71. The smallest absolute Gasteiger partial charge is 0.191 e. The summed E-state index contributed by atoms with van der Waals surface area (Å²) in [6.07, 6.45) is -1.58.